The maximum atomic E-state index is 14.2. The Morgan fingerprint density at radius 1 is 1.00 bits per heavy atom. The fourth-order valence-electron chi connectivity index (χ4n) is 5.93. The van der Waals surface area contributed by atoms with E-state index in [0.717, 1.165) is 21.2 Å². The van der Waals surface area contributed by atoms with Crippen LogP contribution in [0.15, 0.2) is 72.1 Å². The molecule has 4 aromatic rings. The highest BCUT2D eigenvalue weighted by atomic mass is 35.5. The number of thiophene rings is 1. The van der Waals surface area contributed by atoms with Gasteiger partial charge in [0.05, 0.1) is 26.4 Å². The number of hydrogen-bond acceptors (Lipinski definition) is 7. The van der Waals surface area contributed by atoms with Gasteiger partial charge < -0.3 is 19.3 Å². The second kappa shape index (κ2) is 14.6. The van der Waals surface area contributed by atoms with Crippen molar-refractivity contribution in [3.8, 4) is 11.5 Å². The van der Waals surface area contributed by atoms with E-state index in [-0.39, 0.29) is 50.0 Å². The van der Waals surface area contributed by atoms with Gasteiger partial charge in [0.15, 0.2) is 0 Å². The first-order chi connectivity index (χ1) is 22.4. The van der Waals surface area contributed by atoms with Gasteiger partial charge in [0.2, 0.25) is 21.8 Å². The molecule has 0 N–H and O–H groups in total. The zero-order chi connectivity index (χ0) is 33.8. The van der Waals surface area contributed by atoms with Crippen LogP contribution in [0.25, 0.3) is 10.1 Å². The van der Waals surface area contributed by atoms with Crippen LogP contribution in [0, 0.1) is 0 Å². The first kappa shape index (κ1) is 34.7. The van der Waals surface area contributed by atoms with Gasteiger partial charge in [-0.25, -0.2) is 12.7 Å². The highest BCUT2D eigenvalue weighted by molar-refractivity contribution is 7.89. The van der Waals surface area contributed by atoms with Gasteiger partial charge in [-0.3, -0.25) is 9.59 Å². The molecular weight excluding hydrogens is 658 g/mol. The van der Waals surface area contributed by atoms with Crippen molar-refractivity contribution in [1.82, 2.24) is 14.1 Å². The molecule has 0 bridgehead atoms. The van der Waals surface area contributed by atoms with E-state index in [1.165, 1.54) is 18.5 Å². The summed E-state index contributed by atoms with van der Waals surface area (Å²) in [6, 6.07) is 20.5. The molecule has 3 aromatic carbocycles. The van der Waals surface area contributed by atoms with Crippen molar-refractivity contribution < 1.29 is 27.5 Å². The average molecular weight is 698 g/mol. The van der Waals surface area contributed by atoms with Gasteiger partial charge in [0.1, 0.15) is 17.0 Å². The van der Waals surface area contributed by atoms with Crippen LogP contribution < -0.4 is 9.47 Å². The third-order valence-corrected chi connectivity index (χ3v) is 12.0. The number of methoxy groups -OCH3 is 2. The van der Waals surface area contributed by atoms with Gasteiger partial charge in [0, 0.05) is 54.6 Å². The van der Waals surface area contributed by atoms with E-state index >= 15 is 0 Å². The number of sulfonamides is 1. The van der Waals surface area contributed by atoms with Gasteiger partial charge >= 0.3 is 0 Å². The Hall–Kier alpha value is -3.64. The smallest absolute Gasteiger partial charge is 0.248 e. The summed E-state index contributed by atoms with van der Waals surface area (Å²) in [6.07, 6.45) is 0.966. The summed E-state index contributed by atoms with van der Waals surface area (Å²) < 4.78 is 39.8. The van der Waals surface area contributed by atoms with Gasteiger partial charge in [-0.1, -0.05) is 48.0 Å². The Morgan fingerprint density at radius 2 is 1.74 bits per heavy atom. The lowest BCUT2D eigenvalue weighted by atomic mass is 9.84. The van der Waals surface area contributed by atoms with Crippen LogP contribution in [0.5, 0.6) is 11.5 Å². The van der Waals surface area contributed by atoms with Gasteiger partial charge in [-0.2, -0.15) is 0 Å². The lowest BCUT2D eigenvalue weighted by Crippen LogP contribution is -2.68. The normalized spacial score (nSPS) is 16.3. The number of benzene rings is 3. The zero-order valence-electron chi connectivity index (χ0n) is 27.1. The summed E-state index contributed by atoms with van der Waals surface area (Å²) in [5.74, 6) is 0.695. The number of fused-ring (bicyclic) bond motifs is 1. The zero-order valence-corrected chi connectivity index (χ0v) is 29.5. The van der Waals surface area contributed by atoms with Crippen molar-refractivity contribution in [2.45, 2.75) is 44.8 Å². The second-order valence-electron chi connectivity index (χ2n) is 12.0. The monoisotopic (exact) mass is 697 g/mol. The summed E-state index contributed by atoms with van der Waals surface area (Å²) >= 11 is 7.71. The number of hydrogen-bond donors (Lipinski definition) is 0. The molecule has 0 radical (unpaired) electrons. The molecule has 0 aliphatic carbocycles. The largest absolute Gasteiger partial charge is 0.497 e. The van der Waals surface area contributed by atoms with Crippen molar-refractivity contribution in [3.05, 3.63) is 93.8 Å². The van der Waals surface area contributed by atoms with Crippen molar-refractivity contribution in [3.63, 3.8) is 0 Å². The molecular formula is C35H40ClN3O6S2. The van der Waals surface area contributed by atoms with E-state index < -0.39 is 15.6 Å². The molecule has 2 amide bonds. The summed E-state index contributed by atoms with van der Waals surface area (Å²) in [4.78, 5) is 31.1. The maximum Gasteiger partial charge on any atom is 0.248 e. The van der Waals surface area contributed by atoms with Crippen molar-refractivity contribution >= 4 is 54.9 Å². The average Bonchev–Trinajstić information content (AvgIpc) is 3.46. The Kier molecular flexibility index (Phi) is 10.8. The summed E-state index contributed by atoms with van der Waals surface area (Å²) in [7, 11) is 0.946. The summed E-state index contributed by atoms with van der Waals surface area (Å²) in [5.41, 5.74) is 1.50. The lowest BCUT2D eigenvalue weighted by Gasteiger charge is -2.51. The van der Waals surface area contributed by atoms with Gasteiger partial charge in [-0.05, 0) is 65.9 Å². The van der Waals surface area contributed by atoms with Gasteiger partial charge in [-0.15, -0.1) is 11.3 Å². The summed E-state index contributed by atoms with van der Waals surface area (Å²) in [6.45, 7) is 2.89. The molecule has 0 spiro atoms. The minimum atomic E-state index is -3.67. The fraction of sp³-hybridized carbons (Fsp3) is 0.371. The number of nitrogens with zero attached hydrogens (tertiary/aromatic N) is 3. The van der Waals surface area contributed by atoms with E-state index in [4.69, 9.17) is 21.1 Å². The first-order valence-electron chi connectivity index (χ1n) is 15.4. The fourth-order valence-corrected chi connectivity index (χ4v) is 8.16. The number of carbonyl (C=O) groups is 2. The van der Waals surface area contributed by atoms with Crippen molar-refractivity contribution in [2.24, 2.45) is 0 Å². The number of amides is 2. The Balaban J connectivity index is 1.28. The van der Waals surface area contributed by atoms with E-state index in [2.05, 4.69) is 0 Å². The maximum absolute atomic E-state index is 14.2. The van der Waals surface area contributed by atoms with Crippen molar-refractivity contribution in [1.29, 1.82) is 0 Å². The van der Waals surface area contributed by atoms with E-state index in [9.17, 15) is 18.0 Å². The van der Waals surface area contributed by atoms with E-state index in [1.807, 2.05) is 48.7 Å². The molecule has 0 saturated carbocycles. The van der Waals surface area contributed by atoms with Crippen LogP contribution in [0.2, 0.25) is 5.02 Å². The van der Waals surface area contributed by atoms with Crippen molar-refractivity contribution in [2.75, 3.05) is 40.1 Å². The SMILES string of the molecule is COc1ccc(CN(C)S(=O)(=O)CCCN(Cc2ccc(Cl)cc2)C(=O)C2(C)CCN2C(=O)Cc2csc3ccccc23)c(OC)c1. The third kappa shape index (κ3) is 7.75. The highest BCUT2D eigenvalue weighted by Gasteiger charge is 2.50. The van der Waals surface area contributed by atoms with E-state index in [0.29, 0.717) is 35.1 Å². The molecule has 9 nitrogen and oxygen atoms in total. The predicted octanol–water partition coefficient (Wildman–Crippen LogP) is 5.99. The quantitative estimate of drug-likeness (QED) is 0.161. The van der Waals surface area contributed by atoms with Crippen LogP contribution in [0.1, 0.15) is 36.5 Å². The van der Waals surface area contributed by atoms with Crippen LogP contribution in [-0.2, 0) is 39.1 Å². The lowest BCUT2D eigenvalue weighted by molar-refractivity contribution is -0.164. The number of halogens is 1. The second-order valence-corrected chi connectivity index (χ2v) is 15.5. The number of carbonyl (C=O) groups excluding carboxylic acids is 2. The molecule has 1 aromatic heterocycles. The minimum Gasteiger partial charge on any atom is -0.497 e. The number of likely N-dealkylation sites (tertiary alicyclic amines) is 1. The first-order valence-corrected chi connectivity index (χ1v) is 18.3. The van der Waals surface area contributed by atoms with E-state index in [1.54, 1.807) is 58.6 Å². The molecule has 12 heteroatoms. The summed E-state index contributed by atoms with van der Waals surface area (Å²) in [5, 5.41) is 3.65. The molecule has 1 unspecified atom stereocenters. The molecule has 1 aliphatic heterocycles. The Labute approximate surface area is 285 Å². The molecule has 1 saturated heterocycles. The Morgan fingerprint density at radius 3 is 2.43 bits per heavy atom. The van der Waals surface area contributed by atoms with Crippen LogP contribution in [0.3, 0.4) is 0 Å². The van der Waals surface area contributed by atoms with Crippen LogP contribution in [-0.4, -0.2) is 80.0 Å². The van der Waals surface area contributed by atoms with Gasteiger partial charge in [0.25, 0.3) is 0 Å². The molecule has 250 valence electrons. The predicted molar refractivity (Wildman–Crippen MR) is 187 cm³/mol. The molecule has 47 heavy (non-hydrogen) atoms. The highest BCUT2D eigenvalue weighted by Crippen LogP contribution is 2.35. The minimum absolute atomic E-state index is 0.0970. The molecule has 2 heterocycles. The number of rotatable bonds is 14. The topological polar surface area (TPSA) is 96.5 Å². The molecule has 1 atom stereocenters. The van der Waals surface area contributed by atoms with Crippen LogP contribution >= 0.6 is 22.9 Å². The Bertz CT molecular complexity index is 1850. The van der Waals surface area contributed by atoms with Crippen LogP contribution in [0.4, 0.5) is 0 Å². The number of ether oxygens (including phenoxy) is 2. The molecule has 5 rings (SSSR count). The molecule has 1 fully saturated rings. The third-order valence-electron chi connectivity index (χ3n) is 8.85. The standard InChI is InChI=1S/C35H40ClN3O6S2/c1-35(16-18-39(35)33(40)20-27-24-46-32-9-6-5-8-30(27)32)34(41)38(22-25-10-13-28(36)14-11-25)17-7-19-47(42,43)37(2)23-26-12-15-29(44-3)21-31(26)45-4/h5-6,8-15,21,24H,7,16-20,22-23H2,1-4H3. The molecule has 1 aliphatic rings.